The highest BCUT2D eigenvalue weighted by Crippen LogP contribution is 2.27. The molecular weight excluding hydrogens is 236 g/mol. The number of carbonyl (C=O) groups excluding carboxylic acids is 2. The maximum Gasteiger partial charge on any atom is 0.330 e. The highest BCUT2D eigenvalue weighted by Gasteiger charge is 2.08. The Balaban J connectivity index is 2.93. The lowest BCUT2D eigenvalue weighted by Gasteiger charge is -2.07. The van der Waals surface area contributed by atoms with Gasteiger partial charge in [0.2, 0.25) is 0 Å². The Bertz CT molecular complexity index is 476. The van der Waals surface area contributed by atoms with E-state index in [2.05, 4.69) is 4.74 Å². The maximum absolute atomic E-state index is 11.7. The molecule has 0 saturated carbocycles. The smallest absolute Gasteiger partial charge is 0.330 e. The van der Waals surface area contributed by atoms with Crippen molar-refractivity contribution in [2.75, 3.05) is 21.3 Å². The Hall–Kier alpha value is -2.30. The fraction of sp³-hybridized carbons (Fsp3) is 0.231. The van der Waals surface area contributed by atoms with E-state index in [9.17, 15) is 9.59 Å². The van der Waals surface area contributed by atoms with Crippen molar-refractivity contribution in [1.29, 1.82) is 0 Å². The zero-order valence-corrected chi connectivity index (χ0v) is 10.4. The summed E-state index contributed by atoms with van der Waals surface area (Å²) in [6.45, 7) is 0. The van der Waals surface area contributed by atoms with Gasteiger partial charge in [-0.05, 0) is 24.3 Å². The summed E-state index contributed by atoms with van der Waals surface area (Å²) in [6, 6.07) is 4.76. The van der Waals surface area contributed by atoms with Gasteiger partial charge in [-0.15, -0.1) is 0 Å². The lowest BCUT2D eigenvalue weighted by molar-refractivity contribution is -0.134. The number of hydrogen-bond donors (Lipinski definition) is 0. The number of methoxy groups -OCH3 is 3. The molecule has 0 aliphatic heterocycles. The van der Waals surface area contributed by atoms with Gasteiger partial charge in [0, 0.05) is 11.6 Å². The van der Waals surface area contributed by atoms with Crippen LogP contribution in [0.4, 0.5) is 0 Å². The molecule has 96 valence electrons. The molecule has 0 spiro atoms. The van der Waals surface area contributed by atoms with Crippen LogP contribution >= 0.6 is 0 Å². The summed E-state index contributed by atoms with van der Waals surface area (Å²) in [5, 5.41) is 0. The van der Waals surface area contributed by atoms with Gasteiger partial charge in [-0.2, -0.15) is 0 Å². The van der Waals surface area contributed by atoms with Gasteiger partial charge in [-0.1, -0.05) is 0 Å². The van der Waals surface area contributed by atoms with Gasteiger partial charge in [-0.3, -0.25) is 4.79 Å². The molecule has 0 radical (unpaired) electrons. The number of ketones is 1. The summed E-state index contributed by atoms with van der Waals surface area (Å²) < 4.78 is 14.5. The molecular formula is C13H14O5. The number of hydrogen-bond acceptors (Lipinski definition) is 5. The van der Waals surface area contributed by atoms with Crippen molar-refractivity contribution in [3.63, 3.8) is 0 Å². The molecule has 0 N–H and O–H groups in total. The van der Waals surface area contributed by atoms with Crippen molar-refractivity contribution in [2.45, 2.75) is 0 Å². The maximum atomic E-state index is 11.7. The molecule has 0 amide bonds. The highest BCUT2D eigenvalue weighted by molar-refractivity contribution is 6.07. The largest absolute Gasteiger partial charge is 0.493 e. The van der Waals surface area contributed by atoms with Gasteiger partial charge in [0.05, 0.1) is 21.3 Å². The second-order valence-corrected chi connectivity index (χ2v) is 3.29. The molecule has 0 atom stereocenters. The second-order valence-electron chi connectivity index (χ2n) is 3.29. The average molecular weight is 250 g/mol. The summed E-state index contributed by atoms with van der Waals surface area (Å²) in [7, 11) is 4.24. The predicted molar refractivity (Wildman–Crippen MR) is 65.0 cm³/mol. The number of carbonyl (C=O) groups is 2. The van der Waals surface area contributed by atoms with E-state index in [-0.39, 0.29) is 5.78 Å². The van der Waals surface area contributed by atoms with Crippen LogP contribution in [0.1, 0.15) is 10.4 Å². The van der Waals surface area contributed by atoms with Crippen molar-refractivity contribution >= 4 is 11.8 Å². The van der Waals surface area contributed by atoms with Crippen LogP contribution in [0.5, 0.6) is 11.5 Å². The van der Waals surface area contributed by atoms with Crippen LogP contribution in [0.15, 0.2) is 30.4 Å². The minimum atomic E-state index is -0.580. The number of esters is 1. The lowest BCUT2D eigenvalue weighted by atomic mass is 10.1. The minimum absolute atomic E-state index is 0.318. The zero-order valence-electron chi connectivity index (χ0n) is 10.4. The molecule has 5 heteroatoms. The molecule has 1 aromatic carbocycles. The zero-order chi connectivity index (χ0) is 13.5. The normalized spacial score (nSPS) is 10.2. The summed E-state index contributed by atoms with van der Waals surface area (Å²) in [5.41, 5.74) is 0.396. The molecule has 1 rings (SSSR count). The van der Waals surface area contributed by atoms with Gasteiger partial charge in [0.1, 0.15) is 0 Å². The van der Waals surface area contributed by atoms with E-state index in [1.807, 2.05) is 0 Å². The SMILES string of the molecule is COC(=O)C=CC(=O)c1ccc(OC)c(OC)c1. The van der Waals surface area contributed by atoms with Crippen LogP contribution < -0.4 is 9.47 Å². The van der Waals surface area contributed by atoms with Crippen LogP contribution in [-0.2, 0) is 9.53 Å². The standard InChI is InChI=1S/C13H14O5/c1-16-11-6-4-9(8-12(11)17-2)10(14)5-7-13(15)18-3/h4-8H,1-3H3. The minimum Gasteiger partial charge on any atom is -0.493 e. The molecule has 0 fully saturated rings. The molecule has 0 aliphatic carbocycles. The van der Waals surface area contributed by atoms with Crippen LogP contribution in [0.2, 0.25) is 0 Å². The fourth-order valence-corrected chi connectivity index (χ4v) is 1.30. The molecule has 0 bridgehead atoms. The van der Waals surface area contributed by atoms with E-state index < -0.39 is 5.97 Å². The summed E-state index contributed by atoms with van der Waals surface area (Å²) in [5.74, 6) is 0.0889. The van der Waals surface area contributed by atoms with Crippen LogP contribution in [0.25, 0.3) is 0 Å². The van der Waals surface area contributed by atoms with E-state index in [0.29, 0.717) is 17.1 Å². The number of benzene rings is 1. The summed E-state index contributed by atoms with van der Waals surface area (Å²) >= 11 is 0. The molecule has 1 aromatic rings. The Morgan fingerprint density at radius 3 is 2.22 bits per heavy atom. The molecule has 5 nitrogen and oxygen atoms in total. The summed E-state index contributed by atoms with van der Waals surface area (Å²) in [4.78, 5) is 22.6. The number of ether oxygens (including phenoxy) is 3. The third-order valence-electron chi connectivity index (χ3n) is 2.24. The van der Waals surface area contributed by atoms with E-state index >= 15 is 0 Å². The van der Waals surface area contributed by atoms with E-state index in [4.69, 9.17) is 9.47 Å². The van der Waals surface area contributed by atoms with Crippen LogP contribution in [-0.4, -0.2) is 33.1 Å². The predicted octanol–water partition coefficient (Wildman–Crippen LogP) is 1.62. The molecule has 0 unspecified atom stereocenters. The average Bonchev–Trinajstić information content (AvgIpc) is 2.43. The summed E-state index contributed by atoms with van der Waals surface area (Å²) in [6.07, 6.45) is 2.21. The van der Waals surface area contributed by atoms with E-state index in [0.717, 1.165) is 12.2 Å². The first-order valence-corrected chi connectivity index (χ1v) is 5.14. The van der Waals surface area contributed by atoms with E-state index in [1.165, 1.54) is 21.3 Å². The monoisotopic (exact) mass is 250 g/mol. The highest BCUT2D eigenvalue weighted by atomic mass is 16.5. The Morgan fingerprint density at radius 1 is 1.00 bits per heavy atom. The van der Waals surface area contributed by atoms with Crippen molar-refractivity contribution in [3.05, 3.63) is 35.9 Å². The van der Waals surface area contributed by atoms with Crippen molar-refractivity contribution < 1.29 is 23.8 Å². The van der Waals surface area contributed by atoms with Crippen LogP contribution in [0.3, 0.4) is 0 Å². The third kappa shape index (κ3) is 3.35. The van der Waals surface area contributed by atoms with Crippen LogP contribution in [0, 0.1) is 0 Å². The molecule has 0 aliphatic rings. The van der Waals surface area contributed by atoms with Gasteiger partial charge in [0.15, 0.2) is 17.3 Å². The second kappa shape index (κ2) is 6.44. The van der Waals surface area contributed by atoms with Crippen molar-refractivity contribution in [1.82, 2.24) is 0 Å². The molecule has 0 heterocycles. The Labute approximate surface area is 105 Å². The topological polar surface area (TPSA) is 61.8 Å². The molecule has 18 heavy (non-hydrogen) atoms. The van der Waals surface area contributed by atoms with Gasteiger partial charge >= 0.3 is 5.97 Å². The number of allylic oxidation sites excluding steroid dienone is 1. The van der Waals surface area contributed by atoms with Gasteiger partial charge < -0.3 is 14.2 Å². The molecule has 0 aromatic heterocycles. The first-order valence-electron chi connectivity index (χ1n) is 5.14. The quantitative estimate of drug-likeness (QED) is 0.451. The fourth-order valence-electron chi connectivity index (χ4n) is 1.30. The Kier molecular flexibility index (Phi) is 4.92. The van der Waals surface area contributed by atoms with Gasteiger partial charge in [-0.25, -0.2) is 4.79 Å². The number of rotatable bonds is 5. The van der Waals surface area contributed by atoms with E-state index in [1.54, 1.807) is 18.2 Å². The van der Waals surface area contributed by atoms with Crippen molar-refractivity contribution in [2.24, 2.45) is 0 Å². The van der Waals surface area contributed by atoms with Crippen molar-refractivity contribution in [3.8, 4) is 11.5 Å². The lowest BCUT2D eigenvalue weighted by Crippen LogP contribution is -2.00. The van der Waals surface area contributed by atoms with Gasteiger partial charge in [0.25, 0.3) is 0 Å². The Morgan fingerprint density at radius 2 is 1.67 bits per heavy atom. The third-order valence-corrected chi connectivity index (χ3v) is 2.24. The first kappa shape index (κ1) is 13.8. The first-order chi connectivity index (χ1) is 8.62. The molecule has 0 saturated heterocycles.